The number of nitrogens with one attached hydrogen (secondary N) is 1. The van der Waals surface area contributed by atoms with Gasteiger partial charge in [-0.25, -0.2) is 0 Å². The third-order valence-corrected chi connectivity index (χ3v) is 2.77. The Hall–Kier alpha value is -1.52. The molecule has 0 aromatic carbocycles. The third kappa shape index (κ3) is 1.45. The Balaban J connectivity index is 2.46. The number of aromatic nitrogens is 2. The van der Waals surface area contributed by atoms with Crippen molar-refractivity contribution < 1.29 is 0 Å². The summed E-state index contributed by atoms with van der Waals surface area (Å²) in [6.07, 6.45) is 4.37. The molecule has 0 saturated heterocycles. The van der Waals surface area contributed by atoms with Crippen molar-refractivity contribution in [3.63, 3.8) is 0 Å². The van der Waals surface area contributed by atoms with Crippen LogP contribution >= 0.6 is 0 Å². The van der Waals surface area contributed by atoms with Crippen LogP contribution in [0.3, 0.4) is 0 Å². The van der Waals surface area contributed by atoms with Crippen LogP contribution in [0.4, 0.5) is 11.8 Å². The molecular weight excluding hydrogens is 180 g/mol. The second kappa shape index (κ2) is 3.32. The number of hydrogen-bond donors (Lipinski definition) is 3. The highest BCUT2D eigenvalue weighted by Gasteiger charge is 2.23. The van der Waals surface area contributed by atoms with Crippen LogP contribution in [0.25, 0.3) is 0 Å². The van der Waals surface area contributed by atoms with Crippen molar-refractivity contribution >= 4 is 11.8 Å². The van der Waals surface area contributed by atoms with E-state index in [4.69, 9.17) is 11.5 Å². The van der Waals surface area contributed by atoms with E-state index in [9.17, 15) is 4.79 Å². The highest BCUT2D eigenvalue weighted by atomic mass is 16.1. The Labute approximate surface area is 81.5 Å². The minimum atomic E-state index is -0.179. The standard InChI is InChI=1S/C9H14N4O/c10-7-6(5-3-1-2-4-5)8(14)13-9(11)12-7/h5H,1-4H2,(H5,10,11,12,13,14). The number of hydrogen-bond acceptors (Lipinski definition) is 4. The van der Waals surface area contributed by atoms with Crippen LogP contribution < -0.4 is 17.0 Å². The van der Waals surface area contributed by atoms with Crippen molar-refractivity contribution in [1.29, 1.82) is 0 Å². The first-order valence-corrected chi connectivity index (χ1v) is 4.83. The molecule has 1 aromatic heterocycles. The molecule has 5 nitrogen and oxygen atoms in total. The van der Waals surface area contributed by atoms with Crippen LogP contribution in [0, 0.1) is 0 Å². The molecule has 2 rings (SSSR count). The summed E-state index contributed by atoms with van der Waals surface area (Å²) in [6, 6.07) is 0. The number of nitrogen functional groups attached to an aromatic ring is 2. The van der Waals surface area contributed by atoms with Gasteiger partial charge in [-0.05, 0) is 18.8 Å². The normalized spacial score (nSPS) is 17.4. The van der Waals surface area contributed by atoms with Gasteiger partial charge in [-0.15, -0.1) is 0 Å². The van der Waals surface area contributed by atoms with E-state index in [0.717, 1.165) is 25.7 Å². The smallest absolute Gasteiger partial charge is 0.257 e. The average Bonchev–Trinajstić information content (AvgIpc) is 2.54. The number of aromatic amines is 1. The zero-order valence-corrected chi connectivity index (χ0v) is 7.92. The molecule has 1 saturated carbocycles. The number of anilines is 2. The van der Waals surface area contributed by atoms with Gasteiger partial charge in [0.1, 0.15) is 5.82 Å². The first kappa shape index (κ1) is 9.05. The summed E-state index contributed by atoms with van der Waals surface area (Å²) in [4.78, 5) is 18.0. The summed E-state index contributed by atoms with van der Waals surface area (Å²) >= 11 is 0. The second-order valence-corrected chi connectivity index (χ2v) is 3.73. The summed E-state index contributed by atoms with van der Waals surface area (Å²) in [5, 5.41) is 0. The molecule has 0 bridgehead atoms. The lowest BCUT2D eigenvalue weighted by Crippen LogP contribution is -2.21. The summed E-state index contributed by atoms with van der Waals surface area (Å²) < 4.78 is 0. The summed E-state index contributed by atoms with van der Waals surface area (Å²) in [7, 11) is 0. The average molecular weight is 194 g/mol. The van der Waals surface area contributed by atoms with Crippen LogP contribution in [0.15, 0.2) is 4.79 Å². The van der Waals surface area contributed by atoms with E-state index in [-0.39, 0.29) is 23.2 Å². The largest absolute Gasteiger partial charge is 0.383 e. The SMILES string of the molecule is Nc1nc(N)c(C2CCCC2)c(=O)[nH]1. The molecule has 76 valence electrons. The molecule has 0 atom stereocenters. The van der Waals surface area contributed by atoms with E-state index >= 15 is 0 Å². The van der Waals surface area contributed by atoms with Crippen molar-refractivity contribution in [1.82, 2.24) is 9.97 Å². The van der Waals surface area contributed by atoms with E-state index < -0.39 is 0 Å². The minimum Gasteiger partial charge on any atom is -0.383 e. The Kier molecular flexibility index (Phi) is 2.15. The van der Waals surface area contributed by atoms with E-state index in [0.29, 0.717) is 5.56 Å². The van der Waals surface area contributed by atoms with Crippen molar-refractivity contribution in [2.45, 2.75) is 31.6 Å². The monoisotopic (exact) mass is 194 g/mol. The van der Waals surface area contributed by atoms with E-state index in [2.05, 4.69) is 9.97 Å². The Morgan fingerprint density at radius 1 is 1.29 bits per heavy atom. The third-order valence-electron chi connectivity index (χ3n) is 2.77. The van der Waals surface area contributed by atoms with Crippen LogP contribution in [0.5, 0.6) is 0 Å². The van der Waals surface area contributed by atoms with Gasteiger partial charge in [0.15, 0.2) is 0 Å². The fourth-order valence-electron chi connectivity index (χ4n) is 2.13. The zero-order valence-electron chi connectivity index (χ0n) is 7.92. The first-order chi connectivity index (χ1) is 6.68. The van der Waals surface area contributed by atoms with Gasteiger partial charge in [0.2, 0.25) is 5.95 Å². The highest BCUT2D eigenvalue weighted by molar-refractivity contribution is 5.43. The molecule has 5 N–H and O–H groups in total. The molecule has 1 aromatic rings. The molecule has 0 radical (unpaired) electrons. The lowest BCUT2D eigenvalue weighted by Gasteiger charge is -2.10. The van der Waals surface area contributed by atoms with Gasteiger partial charge in [0.05, 0.1) is 5.56 Å². The molecule has 5 heteroatoms. The number of nitrogens with two attached hydrogens (primary N) is 2. The summed E-state index contributed by atoms with van der Waals surface area (Å²) in [5.41, 5.74) is 11.5. The molecule has 1 aliphatic carbocycles. The zero-order chi connectivity index (χ0) is 10.1. The Bertz CT molecular complexity index is 392. The van der Waals surface area contributed by atoms with E-state index in [1.54, 1.807) is 0 Å². The van der Waals surface area contributed by atoms with Crippen LogP contribution in [0.1, 0.15) is 37.2 Å². The maximum Gasteiger partial charge on any atom is 0.257 e. The predicted molar refractivity (Wildman–Crippen MR) is 54.9 cm³/mol. The van der Waals surface area contributed by atoms with Gasteiger partial charge in [0, 0.05) is 0 Å². The van der Waals surface area contributed by atoms with Gasteiger partial charge in [-0.2, -0.15) is 4.98 Å². The molecule has 0 aliphatic heterocycles. The first-order valence-electron chi connectivity index (χ1n) is 4.83. The van der Waals surface area contributed by atoms with Crippen molar-refractivity contribution in [3.05, 3.63) is 15.9 Å². The van der Waals surface area contributed by atoms with E-state index in [1.807, 2.05) is 0 Å². The fraction of sp³-hybridized carbons (Fsp3) is 0.556. The summed E-state index contributed by atoms with van der Waals surface area (Å²) in [6.45, 7) is 0. The van der Waals surface area contributed by atoms with Crippen LogP contribution in [0.2, 0.25) is 0 Å². The topological polar surface area (TPSA) is 97.8 Å². The van der Waals surface area contributed by atoms with Gasteiger partial charge >= 0.3 is 0 Å². The number of rotatable bonds is 1. The number of H-pyrrole nitrogens is 1. The minimum absolute atomic E-state index is 0.0919. The maximum atomic E-state index is 11.6. The summed E-state index contributed by atoms with van der Waals surface area (Å²) in [5.74, 6) is 0.652. The molecule has 0 unspecified atom stereocenters. The quantitative estimate of drug-likeness (QED) is 0.609. The molecule has 1 fully saturated rings. The molecule has 14 heavy (non-hydrogen) atoms. The van der Waals surface area contributed by atoms with Crippen molar-refractivity contribution in [2.75, 3.05) is 11.5 Å². The van der Waals surface area contributed by atoms with Gasteiger partial charge < -0.3 is 11.5 Å². The Morgan fingerprint density at radius 2 is 1.93 bits per heavy atom. The lowest BCUT2D eigenvalue weighted by molar-refractivity contribution is 0.710. The molecule has 1 heterocycles. The maximum absolute atomic E-state index is 11.6. The predicted octanol–water partition coefficient (Wildman–Crippen LogP) is 0.592. The van der Waals surface area contributed by atoms with Gasteiger partial charge in [-0.3, -0.25) is 9.78 Å². The van der Waals surface area contributed by atoms with Crippen molar-refractivity contribution in [2.24, 2.45) is 0 Å². The Morgan fingerprint density at radius 3 is 2.50 bits per heavy atom. The van der Waals surface area contributed by atoms with Crippen molar-refractivity contribution in [3.8, 4) is 0 Å². The number of nitrogens with zero attached hydrogens (tertiary/aromatic N) is 1. The van der Waals surface area contributed by atoms with E-state index in [1.165, 1.54) is 0 Å². The lowest BCUT2D eigenvalue weighted by atomic mass is 10.00. The van der Waals surface area contributed by atoms with Crippen LogP contribution in [-0.2, 0) is 0 Å². The second-order valence-electron chi connectivity index (χ2n) is 3.73. The molecular formula is C9H14N4O. The highest BCUT2D eigenvalue weighted by Crippen LogP contribution is 2.34. The van der Waals surface area contributed by atoms with Crippen LogP contribution in [-0.4, -0.2) is 9.97 Å². The van der Waals surface area contributed by atoms with Gasteiger partial charge in [0.25, 0.3) is 5.56 Å². The fourth-order valence-corrected chi connectivity index (χ4v) is 2.13. The molecule has 1 aliphatic rings. The van der Waals surface area contributed by atoms with Gasteiger partial charge in [-0.1, -0.05) is 12.8 Å². The molecule has 0 amide bonds. The molecule has 0 spiro atoms.